The largest absolute Gasteiger partial charge is 0.481 e. The first-order valence-corrected chi connectivity index (χ1v) is 6.77. The highest BCUT2D eigenvalue weighted by atomic mass is 16.5. The summed E-state index contributed by atoms with van der Waals surface area (Å²) in [5, 5.41) is 13.5. The molecular formula is C15H18N2O6. The normalized spacial score (nSPS) is 12.6. The van der Waals surface area contributed by atoms with Crippen molar-refractivity contribution in [3.8, 4) is 0 Å². The van der Waals surface area contributed by atoms with Gasteiger partial charge in [-0.1, -0.05) is 30.3 Å². The minimum Gasteiger partial charge on any atom is -0.481 e. The van der Waals surface area contributed by atoms with Crippen LogP contribution in [0.4, 0.5) is 0 Å². The van der Waals surface area contributed by atoms with Crippen molar-refractivity contribution >= 4 is 23.8 Å². The SMILES string of the molecule is COC(=O)[C@@H](NC(=O)[C@H](CC(=O)O)NC(C)=O)c1ccccc1. The van der Waals surface area contributed by atoms with E-state index in [9.17, 15) is 19.2 Å². The Labute approximate surface area is 132 Å². The van der Waals surface area contributed by atoms with Gasteiger partial charge in [-0.3, -0.25) is 14.4 Å². The molecule has 0 bridgehead atoms. The molecule has 1 aromatic carbocycles. The van der Waals surface area contributed by atoms with Gasteiger partial charge in [-0.15, -0.1) is 0 Å². The van der Waals surface area contributed by atoms with E-state index in [1.807, 2.05) is 0 Å². The van der Waals surface area contributed by atoms with Crippen molar-refractivity contribution in [3.63, 3.8) is 0 Å². The first-order chi connectivity index (χ1) is 10.8. The second-order valence-corrected chi connectivity index (χ2v) is 4.73. The van der Waals surface area contributed by atoms with Crippen LogP contribution in [0.1, 0.15) is 24.9 Å². The van der Waals surface area contributed by atoms with E-state index >= 15 is 0 Å². The lowest BCUT2D eigenvalue weighted by molar-refractivity contribution is -0.146. The third-order valence-electron chi connectivity index (χ3n) is 2.93. The van der Waals surface area contributed by atoms with Gasteiger partial charge in [-0.2, -0.15) is 0 Å². The standard InChI is InChI=1S/C15H18N2O6/c1-9(18)16-11(8-12(19)20)14(21)17-13(15(22)23-2)10-6-4-3-5-7-10/h3-7,11,13H,8H2,1-2H3,(H,16,18)(H,17,21)(H,19,20)/t11-,13-/m0/s1. The Morgan fingerprint density at radius 1 is 1.13 bits per heavy atom. The molecule has 0 saturated heterocycles. The number of aliphatic carboxylic acids is 1. The highest BCUT2D eigenvalue weighted by Crippen LogP contribution is 2.14. The van der Waals surface area contributed by atoms with Gasteiger partial charge in [0.1, 0.15) is 6.04 Å². The summed E-state index contributed by atoms with van der Waals surface area (Å²) < 4.78 is 4.65. The number of amides is 2. The number of rotatable bonds is 7. The predicted molar refractivity (Wildman–Crippen MR) is 79.2 cm³/mol. The number of esters is 1. The number of methoxy groups -OCH3 is 1. The molecule has 1 aromatic rings. The maximum atomic E-state index is 12.2. The van der Waals surface area contributed by atoms with Crippen LogP contribution < -0.4 is 10.6 Å². The van der Waals surface area contributed by atoms with Crippen LogP contribution in [-0.4, -0.2) is 42.0 Å². The minimum absolute atomic E-state index is 0.476. The second kappa shape index (κ2) is 8.52. The monoisotopic (exact) mass is 322 g/mol. The number of hydrogen-bond acceptors (Lipinski definition) is 5. The molecule has 3 N–H and O–H groups in total. The first kappa shape index (κ1) is 18.1. The van der Waals surface area contributed by atoms with E-state index in [0.717, 1.165) is 6.92 Å². The van der Waals surface area contributed by atoms with Crippen LogP contribution >= 0.6 is 0 Å². The summed E-state index contributed by atoms with van der Waals surface area (Å²) in [6.07, 6.45) is -0.603. The molecule has 0 spiro atoms. The van der Waals surface area contributed by atoms with E-state index in [1.54, 1.807) is 30.3 Å². The lowest BCUT2D eigenvalue weighted by Crippen LogP contribution is -2.49. The number of nitrogens with one attached hydrogen (secondary N) is 2. The lowest BCUT2D eigenvalue weighted by atomic mass is 10.1. The second-order valence-electron chi connectivity index (χ2n) is 4.73. The smallest absolute Gasteiger partial charge is 0.333 e. The summed E-state index contributed by atoms with van der Waals surface area (Å²) in [6.45, 7) is 1.16. The number of ether oxygens (including phenoxy) is 1. The molecular weight excluding hydrogens is 304 g/mol. The Balaban J connectivity index is 2.96. The zero-order valence-electron chi connectivity index (χ0n) is 12.7. The van der Waals surface area contributed by atoms with Gasteiger partial charge in [-0.25, -0.2) is 4.79 Å². The molecule has 0 aliphatic heterocycles. The van der Waals surface area contributed by atoms with Crippen LogP contribution in [0.5, 0.6) is 0 Å². The number of carbonyl (C=O) groups is 4. The number of carbonyl (C=O) groups excluding carboxylic acids is 3. The van der Waals surface area contributed by atoms with Crippen molar-refractivity contribution in [2.45, 2.75) is 25.4 Å². The average Bonchev–Trinajstić information content (AvgIpc) is 2.51. The molecule has 0 unspecified atom stereocenters. The van der Waals surface area contributed by atoms with Crippen molar-refractivity contribution in [3.05, 3.63) is 35.9 Å². The van der Waals surface area contributed by atoms with Crippen LogP contribution in [0.3, 0.4) is 0 Å². The maximum Gasteiger partial charge on any atom is 0.333 e. The Kier molecular flexibility index (Phi) is 6.72. The summed E-state index contributed by atoms with van der Waals surface area (Å²) in [6, 6.07) is 5.95. The van der Waals surface area contributed by atoms with E-state index in [4.69, 9.17) is 5.11 Å². The van der Waals surface area contributed by atoms with Gasteiger partial charge in [0.05, 0.1) is 13.5 Å². The van der Waals surface area contributed by atoms with Crippen molar-refractivity contribution in [2.75, 3.05) is 7.11 Å². The number of carboxylic acids is 1. The number of benzene rings is 1. The van der Waals surface area contributed by atoms with Gasteiger partial charge in [0.2, 0.25) is 11.8 Å². The van der Waals surface area contributed by atoms with Crippen molar-refractivity contribution in [1.82, 2.24) is 10.6 Å². The van der Waals surface area contributed by atoms with Crippen molar-refractivity contribution in [1.29, 1.82) is 0 Å². The topological polar surface area (TPSA) is 122 Å². The molecule has 23 heavy (non-hydrogen) atoms. The van der Waals surface area contributed by atoms with Crippen LogP contribution in [0.2, 0.25) is 0 Å². The Morgan fingerprint density at radius 2 is 1.74 bits per heavy atom. The molecule has 1 rings (SSSR count). The number of carboxylic acid groups (broad SMARTS) is 1. The highest BCUT2D eigenvalue weighted by Gasteiger charge is 2.29. The van der Waals surface area contributed by atoms with Gasteiger partial charge in [-0.05, 0) is 5.56 Å². The summed E-state index contributed by atoms with van der Waals surface area (Å²) >= 11 is 0. The summed E-state index contributed by atoms with van der Waals surface area (Å²) in [7, 11) is 1.17. The fraction of sp³-hybridized carbons (Fsp3) is 0.333. The zero-order chi connectivity index (χ0) is 17.4. The van der Waals surface area contributed by atoms with E-state index in [1.165, 1.54) is 7.11 Å². The highest BCUT2D eigenvalue weighted by molar-refractivity contribution is 5.93. The molecule has 0 radical (unpaired) electrons. The molecule has 8 nitrogen and oxygen atoms in total. The van der Waals surface area contributed by atoms with Gasteiger partial charge < -0.3 is 20.5 Å². The third kappa shape index (κ3) is 5.77. The third-order valence-corrected chi connectivity index (χ3v) is 2.93. The molecule has 8 heteroatoms. The zero-order valence-corrected chi connectivity index (χ0v) is 12.7. The van der Waals surface area contributed by atoms with Gasteiger partial charge in [0.15, 0.2) is 6.04 Å². The van der Waals surface area contributed by atoms with E-state index < -0.39 is 42.3 Å². The van der Waals surface area contributed by atoms with Gasteiger partial charge in [0, 0.05) is 6.92 Å². The quantitative estimate of drug-likeness (QED) is 0.607. The van der Waals surface area contributed by atoms with E-state index in [0.29, 0.717) is 5.56 Å². The molecule has 0 aromatic heterocycles. The van der Waals surface area contributed by atoms with Crippen LogP contribution in [0.15, 0.2) is 30.3 Å². The summed E-state index contributed by atoms with van der Waals surface area (Å²) in [5.74, 6) is -3.31. The minimum atomic E-state index is -1.29. The average molecular weight is 322 g/mol. The molecule has 0 heterocycles. The Hall–Kier alpha value is -2.90. The van der Waals surface area contributed by atoms with Gasteiger partial charge in [0.25, 0.3) is 0 Å². The van der Waals surface area contributed by atoms with Crippen LogP contribution in [-0.2, 0) is 23.9 Å². The Morgan fingerprint density at radius 3 is 2.22 bits per heavy atom. The maximum absolute atomic E-state index is 12.2. The molecule has 2 amide bonds. The molecule has 124 valence electrons. The lowest BCUT2D eigenvalue weighted by Gasteiger charge is -2.21. The first-order valence-electron chi connectivity index (χ1n) is 6.77. The molecule has 2 atom stereocenters. The van der Waals surface area contributed by atoms with Crippen LogP contribution in [0, 0.1) is 0 Å². The van der Waals surface area contributed by atoms with E-state index in [2.05, 4.69) is 15.4 Å². The molecule has 0 aliphatic carbocycles. The summed E-state index contributed by atoms with van der Waals surface area (Å²) in [4.78, 5) is 46.0. The van der Waals surface area contributed by atoms with E-state index in [-0.39, 0.29) is 0 Å². The summed E-state index contributed by atoms with van der Waals surface area (Å²) in [5.41, 5.74) is 0.476. The van der Waals surface area contributed by atoms with Crippen molar-refractivity contribution < 1.29 is 29.0 Å². The van der Waals surface area contributed by atoms with Crippen LogP contribution in [0.25, 0.3) is 0 Å². The van der Waals surface area contributed by atoms with Gasteiger partial charge >= 0.3 is 11.9 Å². The molecule has 0 fully saturated rings. The Bertz CT molecular complexity index is 571. The molecule has 0 saturated carbocycles. The predicted octanol–water partition coefficient (Wildman–Crippen LogP) is -0.00370. The fourth-order valence-electron chi connectivity index (χ4n) is 1.91. The van der Waals surface area contributed by atoms with Crippen molar-refractivity contribution in [2.24, 2.45) is 0 Å². The fourth-order valence-corrected chi connectivity index (χ4v) is 1.91. The molecule has 0 aliphatic rings. The number of hydrogen-bond donors (Lipinski definition) is 3.